The lowest BCUT2D eigenvalue weighted by atomic mass is 10.2. The Hall–Kier alpha value is -3.05. The van der Waals surface area contributed by atoms with Gasteiger partial charge in [0.15, 0.2) is 11.6 Å². The maximum Gasteiger partial charge on any atom is 0.223 e. The monoisotopic (exact) mass is 542 g/mol. The van der Waals surface area contributed by atoms with E-state index in [0.717, 1.165) is 11.4 Å². The molecule has 11 heteroatoms. The van der Waals surface area contributed by atoms with E-state index in [2.05, 4.69) is 29.3 Å². The van der Waals surface area contributed by atoms with E-state index in [4.69, 9.17) is 16.3 Å². The van der Waals surface area contributed by atoms with Crippen LogP contribution in [0.4, 0.5) is 16.0 Å². The summed E-state index contributed by atoms with van der Waals surface area (Å²) in [5, 5.41) is 3.84. The highest BCUT2D eigenvalue weighted by Crippen LogP contribution is 2.34. The van der Waals surface area contributed by atoms with Crippen LogP contribution in [0.5, 0.6) is 11.5 Å². The van der Waals surface area contributed by atoms with Crippen LogP contribution < -0.4 is 14.8 Å². The molecule has 36 heavy (non-hydrogen) atoms. The summed E-state index contributed by atoms with van der Waals surface area (Å²) in [4.78, 5) is 13.9. The van der Waals surface area contributed by atoms with Crippen LogP contribution in [0.2, 0.25) is 5.02 Å². The number of benzene rings is 2. The van der Waals surface area contributed by atoms with Crippen molar-refractivity contribution < 1.29 is 9.13 Å². The van der Waals surface area contributed by atoms with Gasteiger partial charge in [-0.15, -0.1) is 0 Å². The van der Waals surface area contributed by atoms with Gasteiger partial charge in [0.1, 0.15) is 5.75 Å². The molecule has 2 heterocycles. The fourth-order valence-corrected chi connectivity index (χ4v) is 4.27. The zero-order chi connectivity index (χ0) is 25.3. The average Bonchev–Trinajstić information content (AvgIpc) is 2.90. The van der Waals surface area contributed by atoms with Crippen LogP contribution in [0.3, 0.4) is 0 Å². The van der Waals surface area contributed by atoms with E-state index in [-0.39, 0.29) is 5.75 Å². The number of pyridine rings is 1. The molecule has 0 fully saturated rings. The molecule has 0 bridgehead atoms. The molecule has 0 aliphatic heterocycles. The molecule has 0 radical (unpaired) electrons. The molecule has 4 rings (SSSR count). The Morgan fingerprint density at radius 2 is 1.94 bits per heavy atom. The summed E-state index contributed by atoms with van der Waals surface area (Å²) in [7, 11) is 2.02. The molecular weight excluding hydrogens is 519 g/mol. The molecule has 0 unspecified atom stereocenters. The predicted molar refractivity (Wildman–Crippen MR) is 147 cm³/mol. The minimum absolute atomic E-state index is 0.0863. The summed E-state index contributed by atoms with van der Waals surface area (Å²) in [6.45, 7) is 1.52. The number of likely N-dealkylation sites (N-methyl/N-ethyl adjacent to an activating group) is 1. The molecule has 7 nitrogen and oxygen atoms in total. The Kier molecular flexibility index (Phi) is 9.23. The van der Waals surface area contributed by atoms with Crippen LogP contribution in [0, 0.1) is 5.82 Å². The van der Waals surface area contributed by atoms with Gasteiger partial charge in [0.25, 0.3) is 0 Å². The number of ether oxygens (including phenoxy) is 1. The molecule has 0 atom stereocenters. The number of hydrogen-bond donors (Lipinski definition) is 2. The predicted octanol–water partition coefficient (Wildman–Crippen LogP) is 6.86. The summed E-state index contributed by atoms with van der Waals surface area (Å²) in [6, 6.07) is 15.6. The minimum atomic E-state index is -0.509. The number of nitrogens with one attached hydrogen (secondary N) is 2. The first-order chi connectivity index (χ1) is 17.5. The smallest absolute Gasteiger partial charge is 0.223 e. The van der Waals surface area contributed by atoms with E-state index < -0.39 is 5.82 Å². The second kappa shape index (κ2) is 12.8. The lowest BCUT2D eigenvalue weighted by Gasteiger charge is -2.14. The quantitative estimate of drug-likeness (QED) is 0.197. The number of halogens is 2. The highest BCUT2D eigenvalue weighted by Gasteiger charge is 2.13. The first kappa shape index (κ1) is 26.0. The Bertz CT molecular complexity index is 1320. The minimum Gasteiger partial charge on any atom is -0.453 e. The number of hydrogen-bond acceptors (Lipinski definition) is 9. The zero-order valence-electron chi connectivity index (χ0n) is 19.6. The van der Waals surface area contributed by atoms with Crippen molar-refractivity contribution in [3.05, 3.63) is 84.0 Å². The van der Waals surface area contributed by atoms with Gasteiger partial charge in [0.2, 0.25) is 5.95 Å². The van der Waals surface area contributed by atoms with Crippen molar-refractivity contribution in [1.82, 2.24) is 19.3 Å². The highest BCUT2D eigenvalue weighted by molar-refractivity contribution is 8.00. The number of aromatic nitrogens is 3. The molecule has 4 aromatic rings. The van der Waals surface area contributed by atoms with Crippen LogP contribution in [0.15, 0.2) is 78.1 Å². The van der Waals surface area contributed by atoms with Crippen molar-refractivity contribution in [1.29, 1.82) is 0 Å². The van der Waals surface area contributed by atoms with Gasteiger partial charge in [-0.2, -0.15) is 0 Å². The summed E-state index contributed by atoms with van der Waals surface area (Å²) in [5.74, 6) is 0.505. The second-order valence-electron chi connectivity index (χ2n) is 7.48. The van der Waals surface area contributed by atoms with E-state index in [0.29, 0.717) is 40.2 Å². The Morgan fingerprint density at radius 3 is 2.75 bits per heavy atom. The summed E-state index contributed by atoms with van der Waals surface area (Å²) in [5.41, 5.74) is 1.82. The Morgan fingerprint density at radius 1 is 1.08 bits per heavy atom. The number of nitrogens with zero attached hydrogens (tertiary/aromatic N) is 4. The van der Waals surface area contributed by atoms with Gasteiger partial charge in [-0.3, -0.25) is 9.29 Å². The molecule has 2 aromatic carbocycles. The molecular formula is C25H24ClFN6OS2. The van der Waals surface area contributed by atoms with Crippen molar-refractivity contribution in [2.24, 2.45) is 0 Å². The molecule has 2 N–H and O–H groups in total. The van der Waals surface area contributed by atoms with Gasteiger partial charge in [-0.25, -0.2) is 14.4 Å². The molecule has 0 spiro atoms. The normalized spacial score (nSPS) is 10.9. The third-order valence-corrected chi connectivity index (χ3v) is 7.16. The lowest BCUT2D eigenvalue weighted by molar-refractivity contribution is 0.443. The number of rotatable bonds is 11. The van der Waals surface area contributed by atoms with Crippen molar-refractivity contribution in [3.63, 3.8) is 0 Å². The van der Waals surface area contributed by atoms with Gasteiger partial charge in [-0.1, -0.05) is 35.7 Å². The van der Waals surface area contributed by atoms with Crippen molar-refractivity contribution in [2.75, 3.05) is 36.4 Å². The van der Waals surface area contributed by atoms with Crippen LogP contribution >= 0.6 is 35.5 Å². The third kappa shape index (κ3) is 7.01. The van der Waals surface area contributed by atoms with Crippen LogP contribution in [0.1, 0.15) is 0 Å². The molecule has 0 saturated carbocycles. The first-order valence-electron chi connectivity index (χ1n) is 10.9. The lowest BCUT2D eigenvalue weighted by Crippen LogP contribution is -2.19. The van der Waals surface area contributed by atoms with Crippen molar-refractivity contribution in [2.45, 2.75) is 4.90 Å². The Balaban J connectivity index is 1.47. The van der Waals surface area contributed by atoms with Gasteiger partial charge in [-0.05, 0) is 61.6 Å². The SMILES string of the molecule is CSN(C)CCNc1nccc(-c2cnccc2Oc2ccc(NSc3ccccc3Cl)cc2F)n1. The molecule has 2 aromatic heterocycles. The van der Waals surface area contributed by atoms with Gasteiger partial charge >= 0.3 is 0 Å². The fourth-order valence-electron chi connectivity index (χ4n) is 3.08. The molecule has 0 amide bonds. The van der Waals surface area contributed by atoms with E-state index in [1.165, 1.54) is 18.0 Å². The summed E-state index contributed by atoms with van der Waals surface area (Å²) in [6.07, 6.45) is 6.91. The maximum absolute atomic E-state index is 14.9. The van der Waals surface area contributed by atoms with E-state index in [1.54, 1.807) is 60.9 Å². The summed E-state index contributed by atoms with van der Waals surface area (Å²) >= 11 is 9.14. The maximum atomic E-state index is 14.9. The van der Waals surface area contributed by atoms with Gasteiger partial charge in [0, 0.05) is 48.3 Å². The molecule has 186 valence electrons. The average molecular weight is 543 g/mol. The second-order valence-corrected chi connectivity index (χ2v) is 9.72. The molecule has 0 saturated heterocycles. The van der Waals surface area contributed by atoms with E-state index in [9.17, 15) is 4.39 Å². The van der Waals surface area contributed by atoms with E-state index >= 15 is 0 Å². The molecule has 0 aliphatic carbocycles. The van der Waals surface area contributed by atoms with Gasteiger partial charge in [0.05, 0.1) is 16.3 Å². The van der Waals surface area contributed by atoms with Crippen LogP contribution in [0.25, 0.3) is 11.3 Å². The van der Waals surface area contributed by atoms with Gasteiger partial charge < -0.3 is 14.8 Å². The fraction of sp³-hybridized carbons (Fsp3) is 0.160. The Labute approximate surface area is 223 Å². The topological polar surface area (TPSA) is 75.2 Å². The third-order valence-electron chi connectivity index (χ3n) is 5.00. The molecule has 0 aliphatic rings. The number of anilines is 2. The largest absolute Gasteiger partial charge is 0.453 e. The first-order valence-corrected chi connectivity index (χ1v) is 13.3. The van der Waals surface area contributed by atoms with Crippen LogP contribution in [-0.2, 0) is 0 Å². The van der Waals surface area contributed by atoms with Crippen LogP contribution in [-0.4, -0.2) is 45.7 Å². The van der Waals surface area contributed by atoms with Crippen molar-refractivity contribution >= 4 is 47.1 Å². The highest BCUT2D eigenvalue weighted by atomic mass is 35.5. The zero-order valence-corrected chi connectivity index (χ0v) is 22.0. The standard InChI is InChI=1S/C25H24ClFN6OS2/c1-33(35-2)14-13-30-25-29-12-9-21(31-25)18-16-28-11-10-22(18)34-23-8-7-17(15-20(23)27)32-36-24-6-4-3-5-19(24)26/h3-12,15-16,32H,13-14H2,1-2H3,(H,29,30,31). The summed E-state index contributed by atoms with van der Waals surface area (Å²) < 4.78 is 26.1. The van der Waals surface area contributed by atoms with Crippen molar-refractivity contribution in [3.8, 4) is 22.8 Å². The van der Waals surface area contributed by atoms with E-state index in [1.807, 2.05) is 31.5 Å².